The van der Waals surface area contributed by atoms with Gasteiger partial charge >= 0.3 is 0 Å². The number of aromatic nitrogens is 1. The molecule has 6 heteroatoms. The second-order valence-corrected chi connectivity index (χ2v) is 5.27. The Bertz CT molecular complexity index is 565. The molecule has 0 aliphatic carbocycles. The van der Waals surface area contributed by atoms with Crippen LogP contribution in [0.15, 0.2) is 24.3 Å². The Kier molecular flexibility index (Phi) is 3.84. The van der Waals surface area contributed by atoms with Gasteiger partial charge in [0.1, 0.15) is 5.69 Å². The van der Waals surface area contributed by atoms with E-state index in [4.69, 9.17) is 11.6 Å². The predicted octanol–water partition coefficient (Wildman–Crippen LogP) is 3.40. The quantitative estimate of drug-likeness (QED) is 0.907. The van der Waals surface area contributed by atoms with Crippen molar-refractivity contribution < 1.29 is 4.79 Å². The van der Waals surface area contributed by atoms with Crippen molar-refractivity contribution in [1.82, 2.24) is 4.98 Å². The average molecular weight is 282 g/mol. The van der Waals surface area contributed by atoms with E-state index in [9.17, 15) is 4.79 Å². The summed E-state index contributed by atoms with van der Waals surface area (Å²) in [6, 6.07) is 6.95. The Morgan fingerprint density at radius 3 is 2.56 bits per heavy atom. The van der Waals surface area contributed by atoms with Gasteiger partial charge in [-0.15, -0.1) is 11.3 Å². The van der Waals surface area contributed by atoms with Crippen molar-refractivity contribution in [3.63, 3.8) is 0 Å². The van der Waals surface area contributed by atoms with Crippen LogP contribution in [-0.4, -0.2) is 17.9 Å². The van der Waals surface area contributed by atoms with E-state index in [0.717, 1.165) is 10.0 Å². The minimum Gasteiger partial charge on any atom is -0.365 e. The number of hydrogen-bond acceptors (Lipinski definition) is 4. The third-order valence-electron chi connectivity index (χ3n) is 2.33. The molecule has 1 heterocycles. The lowest BCUT2D eigenvalue weighted by molar-refractivity contribution is 0.102. The molecule has 1 amide bonds. The van der Waals surface area contributed by atoms with E-state index in [1.807, 2.05) is 6.92 Å². The average Bonchev–Trinajstić information content (AvgIpc) is 2.73. The molecule has 1 aromatic carbocycles. The molecule has 0 fully saturated rings. The van der Waals surface area contributed by atoms with Gasteiger partial charge in [0.05, 0.1) is 0 Å². The highest BCUT2D eigenvalue weighted by atomic mass is 35.5. The Morgan fingerprint density at radius 1 is 1.33 bits per heavy atom. The van der Waals surface area contributed by atoms with Crippen LogP contribution < -0.4 is 10.6 Å². The molecule has 0 radical (unpaired) electrons. The van der Waals surface area contributed by atoms with Gasteiger partial charge in [0.25, 0.3) is 5.91 Å². The molecule has 0 aliphatic rings. The number of rotatable bonds is 3. The van der Waals surface area contributed by atoms with Crippen molar-refractivity contribution in [1.29, 1.82) is 0 Å². The molecule has 0 aliphatic heterocycles. The number of aryl methyl sites for hydroxylation is 1. The fraction of sp³-hybridized carbons (Fsp3) is 0.167. The summed E-state index contributed by atoms with van der Waals surface area (Å²) in [4.78, 5) is 17.1. The first-order valence-electron chi connectivity index (χ1n) is 5.32. The van der Waals surface area contributed by atoms with Gasteiger partial charge in [-0.1, -0.05) is 11.6 Å². The maximum Gasteiger partial charge on any atom is 0.275 e. The van der Waals surface area contributed by atoms with E-state index in [1.54, 1.807) is 31.3 Å². The summed E-state index contributed by atoms with van der Waals surface area (Å²) in [6.07, 6.45) is 0. The van der Waals surface area contributed by atoms with Gasteiger partial charge in [-0.2, -0.15) is 0 Å². The van der Waals surface area contributed by atoms with Crippen molar-refractivity contribution >= 4 is 39.7 Å². The Balaban J connectivity index is 2.16. The van der Waals surface area contributed by atoms with E-state index >= 15 is 0 Å². The standard InChI is InChI=1S/C12H12ClN3OS/c1-7-10(16-12(14-2)18-7)11(17)15-9-5-3-8(13)4-6-9/h3-6H,1-2H3,(H,14,16)(H,15,17). The number of amides is 1. The first-order valence-corrected chi connectivity index (χ1v) is 6.51. The Hall–Kier alpha value is -1.59. The zero-order chi connectivity index (χ0) is 13.1. The molecule has 0 unspecified atom stereocenters. The third kappa shape index (κ3) is 2.80. The van der Waals surface area contributed by atoms with Crippen molar-refractivity contribution in [3.8, 4) is 0 Å². The van der Waals surface area contributed by atoms with Crippen LogP contribution in [0.2, 0.25) is 5.02 Å². The topological polar surface area (TPSA) is 54.0 Å². The monoisotopic (exact) mass is 281 g/mol. The number of hydrogen-bond donors (Lipinski definition) is 2. The van der Waals surface area contributed by atoms with Crippen molar-refractivity contribution in [2.45, 2.75) is 6.92 Å². The van der Waals surface area contributed by atoms with Gasteiger partial charge in [0.15, 0.2) is 5.13 Å². The molecule has 0 bridgehead atoms. The summed E-state index contributed by atoms with van der Waals surface area (Å²) in [6.45, 7) is 1.87. The van der Waals surface area contributed by atoms with Gasteiger partial charge < -0.3 is 10.6 Å². The summed E-state index contributed by atoms with van der Waals surface area (Å²) in [5, 5.41) is 7.07. The maximum atomic E-state index is 12.0. The van der Waals surface area contributed by atoms with Gasteiger partial charge in [-0.25, -0.2) is 4.98 Å². The molecular formula is C12H12ClN3OS. The van der Waals surface area contributed by atoms with Crippen LogP contribution in [0.5, 0.6) is 0 Å². The molecular weight excluding hydrogens is 270 g/mol. The van der Waals surface area contributed by atoms with Crippen molar-refractivity contribution in [2.24, 2.45) is 0 Å². The van der Waals surface area contributed by atoms with E-state index in [-0.39, 0.29) is 5.91 Å². The molecule has 0 saturated heterocycles. The van der Waals surface area contributed by atoms with Crippen molar-refractivity contribution in [2.75, 3.05) is 17.7 Å². The van der Waals surface area contributed by atoms with Crippen LogP contribution in [0.3, 0.4) is 0 Å². The number of carbonyl (C=O) groups excluding carboxylic acids is 1. The summed E-state index contributed by atoms with van der Waals surface area (Å²) in [7, 11) is 1.78. The zero-order valence-electron chi connectivity index (χ0n) is 9.95. The largest absolute Gasteiger partial charge is 0.365 e. The molecule has 18 heavy (non-hydrogen) atoms. The molecule has 0 atom stereocenters. The van der Waals surface area contributed by atoms with Crippen LogP contribution >= 0.6 is 22.9 Å². The first-order chi connectivity index (χ1) is 8.60. The highest BCUT2D eigenvalue weighted by Crippen LogP contribution is 2.22. The zero-order valence-corrected chi connectivity index (χ0v) is 11.5. The minimum atomic E-state index is -0.215. The van der Waals surface area contributed by atoms with Gasteiger partial charge in [-0.05, 0) is 31.2 Å². The molecule has 2 aromatic rings. The molecule has 2 rings (SSSR count). The molecule has 0 saturated carbocycles. The van der Waals surface area contributed by atoms with E-state index in [0.29, 0.717) is 16.4 Å². The lowest BCUT2D eigenvalue weighted by atomic mass is 10.3. The SMILES string of the molecule is CNc1nc(C(=O)Nc2ccc(Cl)cc2)c(C)s1. The van der Waals surface area contributed by atoms with Crippen LogP contribution in [0.25, 0.3) is 0 Å². The third-order valence-corrected chi connectivity index (χ3v) is 3.57. The number of benzene rings is 1. The van der Waals surface area contributed by atoms with E-state index in [1.165, 1.54) is 11.3 Å². The predicted molar refractivity (Wildman–Crippen MR) is 75.8 cm³/mol. The number of nitrogens with one attached hydrogen (secondary N) is 2. The molecule has 4 nitrogen and oxygen atoms in total. The summed E-state index contributed by atoms with van der Waals surface area (Å²) < 4.78 is 0. The van der Waals surface area contributed by atoms with Gasteiger partial charge in [0, 0.05) is 22.6 Å². The second kappa shape index (κ2) is 5.37. The minimum absolute atomic E-state index is 0.215. The molecule has 2 N–H and O–H groups in total. The fourth-order valence-electron chi connectivity index (χ4n) is 1.44. The van der Waals surface area contributed by atoms with Crippen LogP contribution in [-0.2, 0) is 0 Å². The number of nitrogens with zero attached hydrogens (tertiary/aromatic N) is 1. The first kappa shape index (κ1) is 12.9. The van der Waals surface area contributed by atoms with Gasteiger partial charge in [-0.3, -0.25) is 4.79 Å². The number of halogens is 1. The smallest absolute Gasteiger partial charge is 0.275 e. The summed E-state index contributed by atoms with van der Waals surface area (Å²) in [5.74, 6) is -0.215. The van der Waals surface area contributed by atoms with E-state index < -0.39 is 0 Å². The second-order valence-electron chi connectivity index (χ2n) is 3.63. The summed E-state index contributed by atoms with van der Waals surface area (Å²) >= 11 is 7.23. The molecule has 1 aromatic heterocycles. The van der Waals surface area contributed by atoms with E-state index in [2.05, 4.69) is 15.6 Å². The normalized spacial score (nSPS) is 10.2. The van der Waals surface area contributed by atoms with Gasteiger partial charge in [0.2, 0.25) is 0 Å². The highest BCUT2D eigenvalue weighted by molar-refractivity contribution is 7.15. The Morgan fingerprint density at radius 2 is 2.00 bits per heavy atom. The maximum absolute atomic E-state index is 12.0. The summed E-state index contributed by atoms with van der Waals surface area (Å²) in [5.41, 5.74) is 1.14. The Labute approximate surface area is 114 Å². The van der Waals surface area contributed by atoms with Crippen LogP contribution in [0.1, 0.15) is 15.4 Å². The van der Waals surface area contributed by atoms with Crippen LogP contribution in [0.4, 0.5) is 10.8 Å². The molecule has 94 valence electrons. The fourth-order valence-corrected chi connectivity index (χ4v) is 2.33. The highest BCUT2D eigenvalue weighted by Gasteiger charge is 2.14. The number of anilines is 2. The number of carbonyl (C=O) groups is 1. The lowest BCUT2D eigenvalue weighted by Gasteiger charge is -2.03. The molecule has 0 spiro atoms. The van der Waals surface area contributed by atoms with Crippen LogP contribution in [0, 0.1) is 6.92 Å². The van der Waals surface area contributed by atoms with Crippen molar-refractivity contribution in [3.05, 3.63) is 39.9 Å². The lowest BCUT2D eigenvalue weighted by Crippen LogP contribution is -2.13. The number of thiazole rings is 1.